The van der Waals surface area contributed by atoms with Crippen molar-refractivity contribution in [1.82, 2.24) is 20.4 Å². The molecule has 162 valence electrons. The molecule has 0 spiro atoms. The first kappa shape index (κ1) is 22.3. The number of ether oxygens (including phenoxy) is 1. The standard InChI is InChI=1S/C20H26FN5O3S/c1-14(26-9-2-3-10-26)7-8-22-17(27)12-29-13-18-24-25-20(30-18)19(28)23-16-6-4-5-15(21)11-16/h4-6,11,14H,2-3,7-10,12-13H2,1H3,(H,22,27)(H,23,28)/t14-/m0/s1. The third kappa shape index (κ3) is 6.82. The molecule has 2 aromatic rings. The molecular formula is C20H26FN5O3S. The highest BCUT2D eigenvalue weighted by Gasteiger charge is 2.18. The van der Waals surface area contributed by atoms with E-state index in [-0.39, 0.29) is 24.1 Å². The van der Waals surface area contributed by atoms with E-state index in [9.17, 15) is 14.0 Å². The van der Waals surface area contributed by atoms with Gasteiger partial charge in [0, 0.05) is 18.3 Å². The summed E-state index contributed by atoms with van der Waals surface area (Å²) >= 11 is 1.06. The largest absolute Gasteiger partial charge is 0.364 e. The number of anilines is 1. The van der Waals surface area contributed by atoms with Crippen molar-refractivity contribution >= 4 is 28.8 Å². The second-order valence-corrected chi connectivity index (χ2v) is 8.25. The van der Waals surface area contributed by atoms with E-state index >= 15 is 0 Å². The maximum absolute atomic E-state index is 13.2. The maximum atomic E-state index is 13.2. The minimum atomic E-state index is -0.478. The molecule has 30 heavy (non-hydrogen) atoms. The van der Waals surface area contributed by atoms with Crippen molar-refractivity contribution < 1.29 is 18.7 Å². The van der Waals surface area contributed by atoms with Gasteiger partial charge in [-0.3, -0.25) is 9.59 Å². The fourth-order valence-electron chi connectivity index (χ4n) is 3.22. The average molecular weight is 436 g/mol. The minimum absolute atomic E-state index is 0.0809. The van der Waals surface area contributed by atoms with E-state index in [1.54, 1.807) is 6.07 Å². The van der Waals surface area contributed by atoms with Gasteiger partial charge in [-0.1, -0.05) is 17.4 Å². The van der Waals surface area contributed by atoms with Crippen molar-refractivity contribution in [2.45, 2.75) is 38.8 Å². The number of amides is 2. The number of aromatic nitrogens is 2. The zero-order valence-corrected chi connectivity index (χ0v) is 17.7. The Labute approximate surface area is 178 Å². The van der Waals surface area contributed by atoms with Gasteiger partial charge < -0.3 is 20.3 Å². The summed E-state index contributed by atoms with van der Waals surface area (Å²) < 4.78 is 18.6. The number of rotatable bonds is 10. The second-order valence-electron chi connectivity index (χ2n) is 7.19. The van der Waals surface area contributed by atoms with Gasteiger partial charge >= 0.3 is 0 Å². The van der Waals surface area contributed by atoms with Crippen LogP contribution in [-0.2, 0) is 16.1 Å². The van der Waals surface area contributed by atoms with Crippen LogP contribution < -0.4 is 10.6 Å². The zero-order chi connectivity index (χ0) is 21.3. The van der Waals surface area contributed by atoms with Crippen LogP contribution in [0.1, 0.15) is 41.0 Å². The first-order chi connectivity index (χ1) is 14.5. The minimum Gasteiger partial charge on any atom is -0.364 e. The molecule has 1 aliphatic heterocycles. The zero-order valence-electron chi connectivity index (χ0n) is 16.9. The molecule has 0 bridgehead atoms. The summed E-state index contributed by atoms with van der Waals surface area (Å²) in [5.41, 5.74) is 0.337. The highest BCUT2D eigenvalue weighted by atomic mass is 32.1. The predicted octanol–water partition coefficient (Wildman–Crippen LogP) is 2.44. The quantitative estimate of drug-likeness (QED) is 0.595. The van der Waals surface area contributed by atoms with Gasteiger partial charge in [-0.25, -0.2) is 4.39 Å². The Hall–Kier alpha value is -2.43. The highest BCUT2D eigenvalue weighted by molar-refractivity contribution is 7.13. The van der Waals surface area contributed by atoms with E-state index in [1.165, 1.54) is 31.0 Å². The summed E-state index contributed by atoms with van der Waals surface area (Å²) in [5, 5.41) is 13.7. The molecular weight excluding hydrogens is 409 g/mol. The molecule has 8 nitrogen and oxygen atoms in total. The number of nitrogens with zero attached hydrogens (tertiary/aromatic N) is 3. The fourth-order valence-corrected chi connectivity index (χ4v) is 3.89. The monoisotopic (exact) mass is 435 g/mol. The lowest BCUT2D eigenvalue weighted by Gasteiger charge is -2.23. The van der Waals surface area contributed by atoms with E-state index < -0.39 is 11.7 Å². The lowest BCUT2D eigenvalue weighted by Crippen LogP contribution is -2.35. The molecule has 1 atom stereocenters. The van der Waals surface area contributed by atoms with E-state index in [0.717, 1.165) is 30.8 Å². The van der Waals surface area contributed by atoms with E-state index in [2.05, 4.69) is 32.7 Å². The average Bonchev–Trinajstić information content (AvgIpc) is 3.40. The van der Waals surface area contributed by atoms with Crippen LogP contribution in [0.15, 0.2) is 24.3 Å². The number of benzene rings is 1. The van der Waals surface area contributed by atoms with E-state index in [0.29, 0.717) is 23.3 Å². The number of hydrogen-bond acceptors (Lipinski definition) is 7. The Morgan fingerprint density at radius 2 is 2.10 bits per heavy atom. The molecule has 1 aromatic heterocycles. The van der Waals surface area contributed by atoms with Crippen LogP contribution in [0.3, 0.4) is 0 Å². The van der Waals surface area contributed by atoms with Gasteiger partial charge in [0.15, 0.2) is 0 Å². The van der Waals surface area contributed by atoms with Crippen LogP contribution >= 0.6 is 11.3 Å². The van der Waals surface area contributed by atoms with Crippen LogP contribution in [0.4, 0.5) is 10.1 Å². The van der Waals surface area contributed by atoms with Crippen LogP contribution in [0.2, 0.25) is 0 Å². The van der Waals surface area contributed by atoms with E-state index in [1.807, 2.05) is 0 Å². The summed E-state index contributed by atoms with van der Waals surface area (Å²) in [5.74, 6) is -1.10. The van der Waals surface area contributed by atoms with Gasteiger partial charge in [-0.05, 0) is 57.5 Å². The topological polar surface area (TPSA) is 96.5 Å². The van der Waals surface area contributed by atoms with Gasteiger partial charge in [0.2, 0.25) is 10.9 Å². The van der Waals surface area contributed by atoms with Gasteiger partial charge in [-0.2, -0.15) is 0 Å². The molecule has 1 aliphatic rings. The molecule has 2 heterocycles. The Morgan fingerprint density at radius 1 is 1.30 bits per heavy atom. The summed E-state index contributed by atoms with van der Waals surface area (Å²) in [6.45, 7) is 5.09. The van der Waals surface area contributed by atoms with Crippen LogP contribution in [0.25, 0.3) is 0 Å². The van der Waals surface area contributed by atoms with Crippen molar-refractivity contribution in [1.29, 1.82) is 0 Å². The summed E-state index contributed by atoms with van der Waals surface area (Å²) in [4.78, 5) is 26.5. The van der Waals surface area contributed by atoms with Gasteiger partial charge in [0.25, 0.3) is 5.91 Å². The molecule has 1 saturated heterocycles. The molecule has 10 heteroatoms. The third-order valence-corrected chi connectivity index (χ3v) is 5.75. The molecule has 0 unspecified atom stereocenters. The summed E-state index contributed by atoms with van der Waals surface area (Å²) in [6, 6.07) is 6.05. The normalized spacial score (nSPS) is 15.1. The van der Waals surface area contributed by atoms with Crippen molar-refractivity contribution in [2.24, 2.45) is 0 Å². The Morgan fingerprint density at radius 3 is 2.87 bits per heavy atom. The molecule has 0 radical (unpaired) electrons. The maximum Gasteiger partial charge on any atom is 0.286 e. The Bertz CT molecular complexity index is 856. The first-order valence-electron chi connectivity index (χ1n) is 9.99. The number of hydrogen-bond donors (Lipinski definition) is 2. The Balaban J connectivity index is 1.33. The number of nitrogens with one attached hydrogen (secondary N) is 2. The van der Waals surface area contributed by atoms with Gasteiger partial charge in [0.05, 0.1) is 0 Å². The first-order valence-corrected chi connectivity index (χ1v) is 10.8. The fraction of sp³-hybridized carbons (Fsp3) is 0.500. The van der Waals surface area contributed by atoms with Crippen LogP contribution in [0.5, 0.6) is 0 Å². The second kappa shape index (κ2) is 11.1. The third-order valence-electron chi connectivity index (χ3n) is 4.85. The number of carbonyl (C=O) groups excluding carboxylic acids is 2. The van der Waals surface area contributed by atoms with Gasteiger partial charge in [-0.15, -0.1) is 10.2 Å². The lowest BCUT2D eigenvalue weighted by molar-refractivity contribution is -0.126. The van der Waals surface area contributed by atoms with Crippen LogP contribution in [0, 0.1) is 5.82 Å². The van der Waals surface area contributed by atoms with Gasteiger partial charge in [0.1, 0.15) is 24.0 Å². The molecule has 1 aromatic carbocycles. The summed E-state index contributed by atoms with van der Waals surface area (Å²) in [7, 11) is 0. The number of halogens is 1. The Kier molecular flexibility index (Phi) is 8.23. The van der Waals surface area contributed by atoms with Crippen molar-refractivity contribution in [2.75, 3.05) is 31.6 Å². The van der Waals surface area contributed by atoms with E-state index in [4.69, 9.17) is 4.74 Å². The predicted molar refractivity (Wildman–Crippen MR) is 112 cm³/mol. The summed E-state index contributed by atoms with van der Waals surface area (Å²) in [6.07, 6.45) is 3.42. The molecule has 2 N–H and O–H groups in total. The number of carbonyl (C=O) groups is 2. The SMILES string of the molecule is C[C@@H](CCNC(=O)COCc1nnc(C(=O)Nc2cccc(F)c2)s1)N1CCCC1. The molecule has 0 saturated carbocycles. The molecule has 0 aliphatic carbocycles. The van der Waals surface area contributed by atoms with Crippen molar-refractivity contribution in [3.05, 3.63) is 40.1 Å². The lowest BCUT2D eigenvalue weighted by atomic mass is 10.2. The van der Waals surface area contributed by atoms with Crippen molar-refractivity contribution in [3.63, 3.8) is 0 Å². The molecule has 1 fully saturated rings. The highest BCUT2D eigenvalue weighted by Crippen LogP contribution is 2.15. The number of likely N-dealkylation sites (tertiary alicyclic amines) is 1. The van der Waals surface area contributed by atoms with Crippen LogP contribution in [-0.4, -0.2) is 59.2 Å². The molecule has 2 amide bonds. The molecule has 3 rings (SSSR count). The van der Waals surface area contributed by atoms with Crippen molar-refractivity contribution in [3.8, 4) is 0 Å². The smallest absolute Gasteiger partial charge is 0.286 e.